The van der Waals surface area contributed by atoms with Gasteiger partial charge in [-0.3, -0.25) is 20.4 Å². The smallest absolute Gasteiger partial charge is 0.272 e. The van der Waals surface area contributed by atoms with Gasteiger partial charge in [0.25, 0.3) is 5.91 Å². The van der Waals surface area contributed by atoms with Gasteiger partial charge in [0.2, 0.25) is 5.91 Å². The van der Waals surface area contributed by atoms with E-state index in [1.807, 2.05) is 42.5 Å². The maximum atomic E-state index is 13.5. The zero-order valence-electron chi connectivity index (χ0n) is 13.9. The summed E-state index contributed by atoms with van der Waals surface area (Å²) in [6.45, 7) is 0. The van der Waals surface area contributed by atoms with Crippen LogP contribution >= 0.6 is 0 Å². The number of carbonyl (C=O) groups excluding carboxylic acids is 2. The van der Waals surface area contributed by atoms with Crippen LogP contribution in [-0.4, -0.2) is 11.8 Å². The van der Waals surface area contributed by atoms with Crippen molar-refractivity contribution in [3.8, 4) is 11.3 Å². The normalized spacial score (nSPS) is 10.3. The fourth-order valence-corrected chi connectivity index (χ4v) is 2.41. The van der Waals surface area contributed by atoms with Gasteiger partial charge in [-0.15, -0.1) is 0 Å². The number of aryl methyl sites for hydroxylation is 1. The van der Waals surface area contributed by atoms with Crippen LogP contribution in [0.1, 0.15) is 22.5 Å². The fraction of sp³-hybridized carbons (Fsp3) is 0.100. The van der Waals surface area contributed by atoms with Crippen LogP contribution in [0.15, 0.2) is 71.1 Å². The Labute approximate surface area is 149 Å². The zero-order chi connectivity index (χ0) is 18.4. The molecule has 2 N–H and O–H groups in total. The molecule has 0 bridgehead atoms. The van der Waals surface area contributed by atoms with Crippen LogP contribution in [-0.2, 0) is 11.2 Å². The van der Waals surface area contributed by atoms with Crippen molar-refractivity contribution in [3.63, 3.8) is 0 Å². The molecule has 3 rings (SSSR count). The average Bonchev–Trinajstić information content (AvgIpc) is 3.14. The van der Waals surface area contributed by atoms with Gasteiger partial charge in [0.05, 0.1) is 5.56 Å². The molecule has 3 aromatic rings. The molecule has 0 radical (unpaired) electrons. The van der Waals surface area contributed by atoms with E-state index >= 15 is 0 Å². The van der Waals surface area contributed by atoms with Gasteiger partial charge in [-0.25, -0.2) is 4.39 Å². The van der Waals surface area contributed by atoms with E-state index in [9.17, 15) is 14.0 Å². The summed E-state index contributed by atoms with van der Waals surface area (Å²) in [5.74, 6) is -0.357. The van der Waals surface area contributed by atoms with E-state index in [4.69, 9.17) is 4.42 Å². The summed E-state index contributed by atoms with van der Waals surface area (Å²) in [4.78, 5) is 23.7. The van der Waals surface area contributed by atoms with Gasteiger partial charge >= 0.3 is 0 Å². The van der Waals surface area contributed by atoms with Crippen molar-refractivity contribution in [2.75, 3.05) is 0 Å². The number of furan rings is 1. The summed E-state index contributed by atoms with van der Waals surface area (Å²) in [7, 11) is 0. The number of nitrogens with one attached hydrogen (secondary N) is 2. The molecule has 2 aromatic carbocycles. The lowest BCUT2D eigenvalue weighted by molar-refractivity contribution is -0.121. The molecule has 0 atom stereocenters. The predicted molar refractivity (Wildman–Crippen MR) is 94.5 cm³/mol. The van der Waals surface area contributed by atoms with Crippen LogP contribution < -0.4 is 10.9 Å². The van der Waals surface area contributed by atoms with Gasteiger partial charge in [-0.2, -0.15) is 0 Å². The first-order chi connectivity index (χ1) is 12.6. The highest BCUT2D eigenvalue weighted by Gasteiger charge is 2.12. The molecule has 0 aliphatic carbocycles. The quantitative estimate of drug-likeness (QED) is 0.691. The van der Waals surface area contributed by atoms with E-state index in [2.05, 4.69) is 10.9 Å². The lowest BCUT2D eigenvalue weighted by atomic mass is 10.2. The van der Waals surface area contributed by atoms with Crippen LogP contribution in [0.3, 0.4) is 0 Å². The van der Waals surface area contributed by atoms with Crippen LogP contribution in [0, 0.1) is 5.82 Å². The van der Waals surface area contributed by atoms with Crippen molar-refractivity contribution in [2.24, 2.45) is 0 Å². The molecule has 6 heteroatoms. The predicted octanol–water partition coefficient (Wildman–Crippen LogP) is 3.48. The monoisotopic (exact) mass is 352 g/mol. The second kappa shape index (κ2) is 8.11. The molecule has 1 heterocycles. The third kappa shape index (κ3) is 4.36. The highest BCUT2D eigenvalue weighted by Crippen LogP contribution is 2.22. The molecule has 26 heavy (non-hydrogen) atoms. The van der Waals surface area contributed by atoms with Gasteiger partial charge in [-0.1, -0.05) is 42.5 Å². The summed E-state index contributed by atoms with van der Waals surface area (Å²) in [6.07, 6.45) is 0.507. The lowest BCUT2D eigenvalue weighted by Crippen LogP contribution is -2.42. The minimum Gasteiger partial charge on any atom is -0.461 e. The Hall–Kier alpha value is -3.41. The number of amides is 2. The molecular weight excluding hydrogens is 335 g/mol. The minimum atomic E-state index is -0.708. The van der Waals surface area contributed by atoms with Crippen LogP contribution in [0.5, 0.6) is 0 Å². The fourth-order valence-electron chi connectivity index (χ4n) is 2.41. The Morgan fingerprint density at radius 1 is 0.885 bits per heavy atom. The minimum absolute atomic E-state index is 0.124. The van der Waals surface area contributed by atoms with Gasteiger partial charge in [0.15, 0.2) is 0 Å². The summed E-state index contributed by atoms with van der Waals surface area (Å²) >= 11 is 0. The highest BCUT2D eigenvalue weighted by atomic mass is 19.1. The number of hydrogen-bond donors (Lipinski definition) is 2. The highest BCUT2D eigenvalue weighted by molar-refractivity contribution is 5.95. The molecule has 0 fully saturated rings. The third-order valence-electron chi connectivity index (χ3n) is 3.75. The van der Waals surface area contributed by atoms with Crippen LogP contribution in [0.4, 0.5) is 4.39 Å². The summed E-state index contributed by atoms with van der Waals surface area (Å²) < 4.78 is 19.2. The summed E-state index contributed by atoms with van der Waals surface area (Å²) in [5.41, 5.74) is 5.29. The first-order valence-corrected chi connectivity index (χ1v) is 8.11. The number of hydrazine groups is 1. The second-order valence-corrected chi connectivity index (χ2v) is 5.61. The van der Waals surface area contributed by atoms with Crippen LogP contribution in [0.2, 0.25) is 0 Å². The number of rotatable bonds is 5. The van der Waals surface area contributed by atoms with Crippen molar-refractivity contribution in [2.45, 2.75) is 12.8 Å². The maximum Gasteiger partial charge on any atom is 0.272 e. The standard InChI is InChI=1S/C20H17FN2O3/c21-17-9-5-4-8-16(17)20(25)23-22-19(24)13-11-15-10-12-18(26-15)14-6-2-1-3-7-14/h1-10,12H,11,13H2,(H,22,24)(H,23,25). The van der Waals surface area contributed by atoms with Crippen molar-refractivity contribution >= 4 is 11.8 Å². The van der Waals surface area contributed by atoms with Crippen molar-refractivity contribution < 1.29 is 18.4 Å². The molecule has 1 aromatic heterocycles. The molecule has 0 saturated carbocycles. The third-order valence-corrected chi connectivity index (χ3v) is 3.75. The van der Waals surface area contributed by atoms with Crippen molar-refractivity contribution in [1.82, 2.24) is 10.9 Å². The van der Waals surface area contributed by atoms with Crippen LogP contribution in [0.25, 0.3) is 11.3 Å². The van der Waals surface area contributed by atoms with Gasteiger partial charge in [0.1, 0.15) is 17.3 Å². The van der Waals surface area contributed by atoms with E-state index < -0.39 is 17.6 Å². The Kier molecular flexibility index (Phi) is 5.43. The molecule has 132 valence electrons. The molecule has 0 aliphatic rings. The average molecular weight is 352 g/mol. The SMILES string of the molecule is O=C(CCc1ccc(-c2ccccc2)o1)NNC(=O)c1ccccc1F. The first-order valence-electron chi connectivity index (χ1n) is 8.11. The van der Waals surface area contributed by atoms with Gasteiger partial charge in [0, 0.05) is 18.4 Å². The zero-order valence-corrected chi connectivity index (χ0v) is 13.9. The Balaban J connectivity index is 1.48. The largest absolute Gasteiger partial charge is 0.461 e. The Morgan fingerprint density at radius 2 is 1.62 bits per heavy atom. The van der Waals surface area contributed by atoms with Crippen molar-refractivity contribution in [1.29, 1.82) is 0 Å². The second-order valence-electron chi connectivity index (χ2n) is 5.61. The number of hydrogen-bond acceptors (Lipinski definition) is 3. The van der Waals surface area contributed by atoms with E-state index in [-0.39, 0.29) is 12.0 Å². The Bertz CT molecular complexity index is 906. The Morgan fingerprint density at radius 3 is 2.38 bits per heavy atom. The molecule has 5 nitrogen and oxygen atoms in total. The molecular formula is C20H17FN2O3. The van der Waals surface area contributed by atoms with E-state index in [1.54, 1.807) is 6.07 Å². The van der Waals surface area contributed by atoms with Crippen molar-refractivity contribution in [3.05, 3.63) is 83.9 Å². The molecule has 0 aliphatic heterocycles. The lowest BCUT2D eigenvalue weighted by Gasteiger charge is -2.07. The topological polar surface area (TPSA) is 71.3 Å². The maximum absolute atomic E-state index is 13.5. The van der Waals surface area contributed by atoms with Gasteiger partial charge < -0.3 is 4.42 Å². The van der Waals surface area contributed by atoms with E-state index in [0.29, 0.717) is 12.2 Å². The molecule has 0 saturated heterocycles. The number of halogens is 1. The molecule has 0 unspecified atom stereocenters. The van der Waals surface area contributed by atoms with E-state index in [1.165, 1.54) is 18.2 Å². The summed E-state index contributed by atoms with van der Waals surface area (Å²) in [6, 6.07) is 18.8. The summed E-state index contributed by atoms with van der Waals surface area (Å²) in [5, 5.41) is 0. The number of carbonyl (C=O) groups is 2. The molecule has 2 amide bonds. The first kappa shape index (κ1) is 17.4. The molecule has 0 spiro atoms. The van der Waals surface area contributed by atoms with Gasteiger partial charge in [-0.05, 0) is 24.3 Å². The van der Waals surface area contributed by atoms with E-state index in [0.717, 1.165) is 11.3 Å². The number of benzene rings is 2.